The van der Waals surface area contributed by atoms with Gasteiger partial charge in [0.05, 0.1) is 11.9 Å². The summed E-state index contributed by atoms with van der Waals surface area (Å²) in [7, 11) is 0. The van der Waals surface area contributed by atoms with Crippen LogP contribution in [-0.2, 0) is 0 Å². The van der Waals surface area contributed by atoms with Gasteiger partial charge < -0.3 is 10.6 Å². The Bertz CT molecular complexity index is 391. The molecular weight excluding hydrogens is 204 g/mol. The van der Waals surface area contributed by atoms with Crippen LogP contribution in [0.3, 0.4) is 0 Å². The summed E-state index contributed by atoms with van der Waals surface area (Å²) in [6, 6.07) is 0.158. The summed E-state index contributed by atoms with van der Waals surface area (Å²) in [6.07, 6.45) is 2.48. The van der Waals surface area contributed by atoms with Crippen molar-refractivity contribution in [2.45, 2.75) is 12.5 Å². The van der Waals surface area contributed by atoms with Gasteiger partial charge in [0, 0.05) is 19.1 Å². The van der Waals surface area contributed by atoms with Crippen molar-refractivity contribution < 1.29 is 0 Å². The Kier molecular flexibility index (Phi) is 2.43. The van der Waals surface area contributed by atoms with Crippen LogP contribution in [0.1, 0.15) is 6.42 Å². The van der Waals surface area contributed by atoms with Crippen molar-refractivity contribution in [2.24, 2.45) is 5.73 Å². The van der Waals surface area contributed by atoms with Crippen LogP contribution in [0, 0.1) is 0 Å². The lowest BCUT2D eigenvalue weighted by molar-refractivity contribution is 0.752. The molecule has 5 nitrogen and oxygen atoms in total. The summed E-state index contributed by atoms with van der Waals surface area (Å²) < 4.78 is 0. The molecule has 0 saturated carbocycles. The number of rotatable bonds is 1. The maximum Gasteiger partial charge on any atom is 0.285 e. The largest absolute Gasteiger partial charge is 0.367 e. The Morgan fingerprint density at radius 3 is 3.14 bits per heavy atom. The summed E-state index contributed by atoms with van der Waals surface area (Å²) in [5.74, 6) is 0. The molecule has 14 heavy (non-hydrogen) atoms. The molecule has 3 N–H and O–H groups in total. The number of nitrogens with one attached hydrogen (secondary N) is 1. The van der Waals surface area contributed by atoms with Crippen LogP contribution < -0.4 is 16.2 Å². The van der Waals surface area contributed by atoms with E-state index in [0.717, 1.165) is 19.5 Å². The first kappa shape index (κ1) is 9.48. The van der Waals surface area contributed by atoms with E-state index in [0.29, 0.717) is 5.69 Å². The molecule has 0 spiro atoms. The van der Waals surface area contributed by atoms with E-state index in [1.54, 1.807) is 6.20 Å². The molecule has 0 radical (unpaired) electrons. The molecule has 1 aliphatic heterocycles. The monoisotopic (exact) mass is 214 g/mol. The fraction of sp³-hybridized carbons (Fsp3) is 0.500. The Hall–Kier alpha value is -1.07. The molecule has 0 bridgehead atoms. The first-order valence-electron chi connectivity index (χ1n) is 4.42. The fourth-order valence-electron chi connectivity index (χ4n) is 1.60. The SMILES string of the molecule is NC1CCN(c2cn[nH]c(=O)c2Cl)C1. The van der Waals surface area contributed by atoms with Crippen LogP contribution in [-0.4, -0.2) is 29.3 Å². The molecule has 2 rings (SSSR count). The van der Waals surface area contributed by atoms with Gasteiger partial charge in [0.2, 0.25) is 0 Å². The Balaban J connectivity index is 2.33. The van der Waals surface area contributed by atoms with Gasteiger partial charge in [0.1, 0.15) is 5.02 Å². The summed E-state index contributed by atoms with van der Waals surface area (Å²) in [5, 5.41) is 6.18. The molecule has 1 aliphatic rings. The highest BCUT2D eigenvalue weighted by Crippen LogP contribution is 2.23. The van der Waals surface area contributed by atoms with Gasteiger partial charge in [-0.3, -0.25) is 4.79 Å². The molecule has 6 heteroatoms. The van der Waals surface area contributed by atoms with Crippen molar-refractivity contribution in [3.05, 3.63) is 21.6 Å². The van der Waals surface area contributed by atoms with Crippen LogP contribution in [0.4, 0.5) is 5.69 Å². The Morgan fingerprint density at radius 2 is 2.50 bits per heavy atom. The third kappa shape index (κ3) is 1.60. The molecule has 1 unspecified atom stereocenters. The standard InChI is InChI=1S/C8H11ClN4O/c9-7-6(3-11-12-8(7)14)13-2-1-5(10)4-13/h3,5H,1-2,4,10H2,(H,12,14). The number of halogens is 1. The van der Waals surface area contributed by atoms with Gasteiger partial charge in [-0.25, -0.2) is 5.10 Å². The second-order valence-corrected chi connectivity index (χ2v) is 3.77. The highest BCUT2D eigenvalue weighted by Gasteiger charge is 2.22. The highest BCUT2D eigenvalue weighted by molar-refractivity contribution is 6.33. The molecule has 0 aromatic carbocycles. The normalized spacial score (nSPS) is 21.6. The molecule has 76 valence electrons. The lowest BCUT2D eigenvalue weighted by Crippen LogP contribution is -2.27. The molecule has 1 saturated heterocycles. The number of hydrogen-bond donors (Lipinski definition) is 2. The Labute approximate surface area is 85.9 Å². The van der Waals surface area contributed by atoms with Gasteiger partial charge >= 0.3 is 0 Å². The van der Waals surface area contributed by atoms with Crippen LogP contribution in [0.15, 0.2) is 11.0 Å². The van der Waals surface area contributed by atoms with Crippen molar-refractivity contribution in [1.82, 2.24) is 10.2 Å². The maximum atomic E-state index is 11.2. The second kappa shape index (κ2) is 3.59. The van der Waals surface area contributed by atoms with Crippen LogP contribution >= 0.6 is 11.6 Å². The average molecular weight is 215 g/mol. The van der Waals surface area contributed by atoms with E-state index < -0.39 is 0 Å². The second-order valence-electron chi connectivity index (χ2n) is 3.39. The van der Waals surface area contributed by atoms with Crippen LogP contribution in [0.25, 0.3) is 0 Å². The van der Waals surface area contributed by atoms with Crippen molar-refractivity contribution in [3.63, 3.8) is 0 Å². The first-order chi connectivity index (χ1) is 6.68. The zero-order chi connectivity index (χ0) is 10.1. The van der Waals surface area contributed by atoms with Gasteiger partial charge in [-0.1, -0.05) is 11.6 Å². The number of aromatic amines is 1. The van der Waals surface area contributed by atoms with E-state index in [-0.39, 0.29) is 16.6 Å². The lowest BCUT2D eigenvalue weighted by atomic mass is 10.3. The van der Waals surface area contributed by atoms with Crippen molar-refractivity contribution in [1.29, 1.82) is 0 Å². The minimum atomic E-state index is -0.357. The summed E-state index contributed by atoms with van der Waals surface area (Å²) in [4.78, 5) is 13.2. The summed E-state index contributed by atoms with van der Waals surface area (Å²) in [5.41, 5.74) is 6.07. The predicted molar refractivity (Wildman–Crippen MR) is 54.7 cm³/mol. The van der Waals surface area contributed by atoms with Gasteiger partial charge in [0.15, 0.2) is 0 Å². The van der Waals surface area contributed by atoms with Gasteiger partial charge in [-0.2, -0.15) is 5.10 Å². The molecule has 1 fully saturated rings. The third-order valence-corrected chi connectivity index (χ3v) is 2.71. The van der Waals surface area contributed by atoms with E-state index in [2.05, 4.69) is 10.2 Å². The van der Waals surface area contributed by atoms with E-state index in [1.165, 1.54) is 0 Å². The summed E-state index contributed by atoms with van der Waals surface area (Å²) in [6.45, 7) is 1.55. The third-order valence-electron chi connectivity index (χ3n) is 2.34. The van der Waals surface area contributed by atoms with Crippen molar-refractivity contribution >= 4 is 17.3 Å². The smallest absolute Gasteiger partial charge is 0.285 e. The van der Waals surface area contributed by atoms with Gasteiger partial charge in [-0.15, -0.1) is 0 Å². The molecular formula is C8H11ClN4O. The van der Waals surface area contributed by atoms with Crippen LogP contribution in [0.2, 0.25) is 5.02 Å². The minimum absolute atomic E-state index is 0.158. The molecule has 0 amide bonds. The number of aromatic nitrogens is 2. The Morgan fingerprint density at radius 1 is 1.71 bits per heavy atom. The molecule has 1 aromatic heterocycles. The van der Waals surface area contributed by atoms with Crippen LogP contribution in [0.5, 0.6) is 0 Å². The van der Waals surface area contributed by atoms with E-state index in [9.17, 15) is 4.79 Å². The zero-order valence-corrected chi connectivity index (χ0v) is 8.29. The van der Waals surface area contributed by atoms with Crippen molar-refractivity contribution in [2.75, 3.05) is 18.0 Å². The summed E-state index contributed by atoms with van der Waals surface area (Å²) >= 11 is 5.85. The van der Waals surface area contributed by atoms with E-state index >= 15 is 0 Å². The van der Waals surface area contributed by atoms with E-state index in [4.69, 9.17) is 17.3 Å². The topological polar surface area (TPSA) is 75.0 Å². The van der Waals surface area contributed by atoms with E-state index in [1.807, 2.05) is 4.90 Å². The number of anilines is 1. The fourth-order valence-corrected chi connectivity index (χ4v) is 1.81. The number of H-pyrrole nitrogens is 1. The number of nitrogens with zero attached hydrogens (tertiary/aromatic N) is 2. The van der Waals surface area contributed by atoms with Gasteiger partial charge in [-0.05, 0) is 6.42 Å². The molecule has 0 aliphatic carbocycles. The quantitative estimate of drug-likeness (QED) is 0.688. The maximum absolute atomic E-state index is 11.2. The lowest BCUT2D eigenvalue weighted by Gasteiger charge is -2.17. The number of nitrogens with two attached hydrogens (primary N) is 1. The predicted octanol–water partition coefficient (Wildman–Crippen LogP) is -0.0393. The first-order valence-corrected chi connectivity index (χ1v) is 4.80. The molecule has 1 atom stereocenters. The van der Waals surface area contributed by atoms with Gasteiger partial charge in [0.25, 0.3) is 5.56 Å². The molecule has 1 aromatic rings. The minimum Gasteiger partial charge on any atom is -0.367 e. The molecule has 2 heterocycles. The average Bonchev–Trinajstić information content (AvgIpc) is 2.57. The van der Waals surface area contributed by atoms with Crippen molar-refractivity contribution in [3.8, 4) is 0 Å². The number of hydrogen-bond acceptors (Lipinski definition) is 4. The zero-order valence-electron chi connectivity index (χ0n) is 7.53. The highest BCUT2D eigenvalue weighted by atomic mass is 35.5.